The zero-order valence-corrected chi connectivity index (χ0v) is 17.0. The lowest BCUT2D eigenvalue weighted by molar-refractivity contribution is -0.116. The van der Waals surface area contributed by atoms with Gasteiger partial charge < -0.3 is 19.8 Å². The first kappa shape index (κ1) is 18.7. The Bertz CT molecular complexity index is 1210. The fourth-order valence-electron chi connectivity index (χ4n) is 3.75. The first-order valence-corrected chi connectivity index (χ1v) is 10.6. The van der Waals surface area contributed by atoms with E-state index in [0.29, 0.717) is 33.8 Å². The molecular formula is C22H19N3O4S. The molecule has 0 spiro atoms. The molecule has 2 aromatic carbocycles. The zero-order valence-electron chi connectivity index (χ0n) is 16.2. The molecule has 5 rings (SSSR count). The van der Waals surface area contributed by atoms with Gasteiger partial charge in [-0.25, -0.2) is 4.98 Å². The summed E-state index contributed by atoms with van der Waals surface area (Å²) < 4.78 is 10.8. The quantitative estimate of drug-likeness (QED) is 0.494. The second kappa shape index (κ2) is 7.53. The number of nitrogens with one attached hydrogen (secondary N) is 2. The topological polar surface area (TPSA) is 93.3 Å². The van der Waals surface area contributed by atoms with Gasteiger partial charge in [-0.2, -0.15) is 0 Å². The molecule has 2 aliphatic heterocycles. The van der Waals surface area contributed by atoms with E-state index in [0.717, 1.165) is 5.56 Å². The number of anilines is 1. The molecule has 0 aliphatic carbocycles. The summed E-state index contributed by atoms with van der Waals surface area (Å²) in [5.74, 6) is 1.72. The number of hydrogen-bond acceptors (Lipinski definition) is 6. The number of aromatic amines is 1. The summed E-state index contributed by atoms with van der Waals surface area (Å²) in [4.78, 5) is 32.8. The molecule has 1 aromatic heterocycles. The van der Waals surface area contributed by atoms with Crippen LogP contribution in [0.3, 0.4) is 0 Å². The molecule has 30 heavy (non-hydrogen) atoms. The van der Waals surface area contributed by atoms with E-state index in [1.807, 2.05) is 24.3 Å². The maximum atomic E-state index is 13.0. The van der Waals surface area contributed by atoms with Crippen LogP contribution in [0.25, 0.3) is 0 Å². The fraction of sp³-hybridized carbons (Fsp3) is 0.227. The number of aryl methyl sites for hydroxylation is 1. The van der Waals surface area contributed by atoms with Gasteiger partial charge in [0.05, 0.1) is 5.56 Å². The van der Waals surface area contributed by atoms with Crippen molar-refractivity contribution in [1.29, 1.82) is 0 Å². The van der Waals surface area contributed by atoms with Gasteiger partial charge in [0, 0.05) is 18.1 Å². The molecule has 3 aromatic rings. The highest BCUT2D eigenvalue weighted by Gasteiger charge is 2.32. The molecule has 3 heterocycles. The normalized spacial score (nSPS) is 16.8. The number of fused-ring (bicyclic) bond motifs is 2. The third kappa shape index (κ3) is 3.43. The van der Waals surface area contributed by atoms with Gasteiger partial charge >= 0.3 is 0 Å². The predicted octanol–water partition coefficient (Wildman–Crippen LogP) is 3.57. The highest BCUT2D eigenvalue weighted by molar-refractivity contribution is 7.98. The number of carbonyl (C=O) groups is 1. The maximum absolute atomic E-state index is 13.0. The van der Waals surface area contributed by atoms with Crippen molar-refractivity contribution in [3.63, 3.8) is 0 Å². The Morgan fingerprint density at radius 3 is 2.83 bits per heavy atom. The summed E-state index contributed by atoms with van der Waals surface area (Å²) in [5, 5.41) is 3.24. The minimum atomic E-state index is -0.394. The lowest BCUT2D eigenvalue weighted by Gasteiger charge is -2.24. The number of amides is 1. The molecule has 1 atom stereocenters. The van der Waals surface area contributed by atoms with E-state index in [4.69, 9.17) is 9.47 Å². The van der Waals surface area contributed by atoms with Crippen LogP contribution in [0.1, 0.15) is 34.6 Å². The summed E-state index contributed by atoms with van der Waals surface area (Å²) in [5.41, 5.74) is 3.40. The Hall–Kier alpha value is -3.26. The van der Waals surface area contributed by atoms with Crippen LogP contribution in [0.15, 0.2) is 52.4 Å². The molecule has 2 N–H and O–H groups in total. The summed E-state index contributed by atoms with van der Waals surface area (Å²) in [6, 6.07) is 13.6. The number of hydrogen-bond donors (Lipinski definition) is 2. The molecule has 1 unspecified atom stereocenters. The van der Waals surface area contributed by atoms with Crippen molar-refractivity contribution in [2.24, 2.45) is 0 Å². The third-order valence-corrected chi connectivity index (χ3v) is 6.28. The number of thioether (sulfide) groups is 1. The summed E-state index contributed by atoms with van der Waals surface area (Å²) in [6.45, 7) is 2.22. The Labute approximate surface area is 176 Å². The summed E-state index contributed by atoms with van der Waals surface area (Å²) >= 11 is 1.43. The average molecular weight is 421 g/mol. The Balaban J connectivity index is 1.47. The van der Waals surface area contributed by atoms with Gasteiger partial charge in [0.25, 0.3) is 5.56 Å². The molecule has 0 radical (unpaired) electrons. The van der Waals surface area contributed by atoms with Gasteiger partial charge in [0.1, 0.15) is 5.82 Å². The highest BCUT2D eigenvalue weighted by Crippen LogP contribution is 2.40. The molecule has 0 bridgehead atoms. The summed E-state index contributed by atoms with van der Waals surface area (Å²) in [7, 11) is 0. The second-order valence-electron chi connectivity index (χ2n) is 7.27. The minimum Gasteiger partial charge on any atom is -0.454 e. The molecule has 0 saturated heterocycles. The van der Waals surface area contributed by atoms with Crippen LogP contribution in [0.4, 0.5) is 5.82 Å². The van der Waals surface area contributed by atoms with Crippen LogP contribution in [0.5, 0.6) is 11.5 Å². The molecule has 8 heteroatoms. The Morgan fingerprint density at radius 2 is 1.97 bits per heavy atom. The molecule has 0 saturated carbocycles. The lowest BCUT2D eigenvalue weighted by atomic mass is 9.86. The van der Waals surface area contributed by atoms with E-state index in [2.05, 4.69) is 34.3 Å². The number of H-pyrrole nitrogens is 1. The van der Waals surface area contributed by atoms with E-state index in [9.17, 15) is 9.59 Å². The average Bonchev–Trinajstić information content (AvgIpc) is 3.20. The first-order chi connectivity index (χ1) is 14.6. The van der Waals surface area contributed by atoms with Crippen molar-refractivity contribution in [2.75, 3.05) is 12.1 Å². The van der Waals surface area contributed by atoms with Crippen LogP contribution in [0, 0.1) is 6.92 Å². The van der Waals surface area contributed by atoms with E-state index in [1.54, 1.807) is 6.07 Å². The first-order valence-electron chi connectivity index (χ1n) is 9.59. The van der Waals surface area contributed by atoms with Gasteiger partial charge in [-0.05, 0) is 35.7 Å². The monoisotopic (exact) mass is 421 g/mol. The van der Waals surface area contributed by atoms with Crippen LogP contribution in [-0.4, -0.2) is 22.7 Å². The number of carbonyl (C=O) groups excluding carboxylic acids is 1. The maximum Gasteiger partial charge on any atom is 0.257 e. The Morgan fingerprint density at radius 1 is 1.13 bits per heavy atom. The SMILES string of the molecule is Cc1ccccc1CSc1nc2c(c(=O)[nH]1)C(c1ccc3c(c1)OCO3)CC(=O)N2. The summed E-state index contributed by atoms with van der Waals surface area (Å²) in [6.07, 6.45) is 0.174. The van der Waals surface area contributed by atoms with Crippen molar-refractivity contribution >= 4 is 23.5 Å². The molecule has 7 nitrogen and oxygen atoms in total. The smallest absolute Gasteiger partial charge is 0.257 e. The van der Waals surface area contributed by atoms with Gasteiger partial charge in [-0.15, -0.1) is 0 Å². The number of benzene rings is 2. The molecular weight excluding hydrogens is 402 g/mol. The van der Waals surface area contributed by atoms with Crippen LogP contribution >= 0.6 is 11.8 Å². The van der Waals surface area contributed by atoms with Crippen LogP contribution in [-0.2, 0) is 10.5 Å². The largest absolute Gasteiger partial charge is 0.454 e. The van der Waals surface area contributed by atoms with Crippen molar-refractivity contribution in [3.05, 3.63) is 75.1 Å². The van der Waals surface area contributed by atoms with Crippen molar-refractivity contribution in [1.82, 2.24) is 9.97 Å². The van der Waals surface area contributed by atoms with E-state index >= 15 is 0 Å². The van der Waals surface area contributed by atoms with Crippen LogP contribution < -0.4 is 20.3 Å². The molecule has 152 valence electrons. The second-order valence-corrected chi connectivity index (χ2v) is 8.23. The van der Waals surface area contributed by atoms with E-state index in [1.165, 1.54) is 22.9 Å². The third-order valence-electron chi connectivity index (χ3n) is 5.35. The fourth-order valence-corrected chi connectivity index (χ4v) is 4.69. The lowest BCUT2D eigenvalue weighted by Crippen LogP contribution is -2.31. The number of nitrogens with zero attached hydrogens (tertiary/aromatic N) is 1. The molecule has 0 fully saturated rings. The number of aromatic nitrogens is 2. The van der Waals surface area contributed by atoms with E-state index < -0.39 is 5.92 Å². The van der Waals surface area contributed by atoms with Gasteiger partial charge in [0.2, 0.25) is 12.7 Å². The number of rotatable bonds is 4. The highest BCUT2D eigenvalue weighted by atomic mass is 32.2. The van der Waals surface area contributed by atoms with Crippen LogP contribution in [0.2, 0.25) is 0 Å². The van der Waals surface area contributed by atoms with Crippen molar-refractivity contribution in [2.45, 2.75) is 30.2 Å². The molecule has 2 aliphatic rings. The predicted molar refractivity (Wildman–Crippen MR) is 113 cm³/mol. The standard InChI is InChI=1S/C22H19N3O4S/c1-12-4-2-3-5-14(12)10-30-22-24-20-19(21(27)25-22)15(9-18(26)23-20)13-6-7-16-17(8-13)29-11-28-16/h2-8,15H,9-11H2,1H3,(H2,23,24,25,26,27). The van der Waals surface area contributed by atoms with E-state index in [-0.39, 0.29) is 24.7 Å². The van der Waals surface area contributed by atoms with Gasteiger partial charge in [-0.3, -0.25) is 9.59 Å². The van der Waals surface area contributed by atoms with Crippen molar-refractivity contribution in [3.8, 4) is 11.5 Å². The van der Waals surface area contributed by atoms with Crippen molar-refractivity contribution < 1.29 is 14.3 Å². The minimum absolute atomic E-state index is 0.168. The van der Waals surface area contributed by atoms with Gasteiger partial charge in [-0.1, -0.05) is 42.1 Å². The van der Waals surface area contributed by atoms with Gasteiger partial charge in [0.15, 0.2) is 16.7 Å². The Kier molecular flexibility index (Phi) is 4.71. The molecule has 1 amide bonds. The number of ether oxygens (including phenoxy) is 2. The zero-order chi connectivity index (χ0) is 20.7.